The Morgan fingerprint density at radius 3 is 2.92 bits per heavy atom. The quantitative estimate of drug-likeness (QED) is 0.891. The van der Waals surface area contributed by atoms with Crippen LogP contribution in [0, 0.1) is 11.3 Å². The third kappa shape index (κ3) is 3.55. The molecular formula is C19H25N5OS. The van der Waals surface area contributed by atoms with Crippen molar-refractivity contribution in [2.24, 2.45) is 5.73 Å². The van der Waals surface area contributed by atoms with Gasteiger partial charge in [0.15, 0.2) is 0 Å². The summed E-state index contributed by atoms with van der Waals surface area (Å²) in [5.41, 5.74) is 10.5. The SMILES string of the molecule is C[C@@H]1CN(c2ccc(C#N)c3ncsc23)C[C@H](CN2CCC(N)CC2)O1. The molecule has 2 N–H and O–H groups in total. The lowest BCUT2D eigenvalue weighted by atomic mass is 10.1. The topological polar surface area (TPSA) is 78.4 Å². The lowest BCUT2D eigenvalue weighted by molar-refractivity contribution is -0.0348. The van der Waals surface area contributed by atoms with Gasteiger partial charge in [0.2, 0.25) is 0 Å². The summed E-state index contributed by atoms with van der Waals surface area (Å²) in [6.45, 7) is 6.94. The summed E-state index contributed by atoms with van der Waals surface area (Å²) >= 11 is 1.61. The van der Waals surface area contributed by atoms with Crippen molar-refractivity contribution >= 4 is 27.2 Å². The zero-order valence-corrected chi connectivity index (χ0v) is 15.9. The second kappa shape index (κ2) is 7.49. The number of nitriles is 1. The molecule has 7 heteroatoms. The van der Waals surface area contributed by atoms with E-state index in [1.165, 1.54) is 5.69 Å². The van der Waals surface area contributed by atoms with Crippen molar-refractivity contribution in [3.8, 4) is 6.07 Å². The normalized spacial score (nSPS) is 25.5. The van der Waals surface area contributed by atoms with E-state index in [2.05, 4.69) is 33.8 Å². The van der Waals surface area contributed by atoms with Crippen molar-refractivity contribution in [2.45, 2.75) is 38.0 Å². The van der Waals surface area contributed by atoms with Crippen LogP contribution in [0.4, 0.5) is 5.69 Å². The molecule has 0 amide bonds. The number of anilines is 1. The Hall–Kier alpha value is -1.72. The molecule has 0 saturated carbocycles. The molecule has 2 aliphatic heterocycles. The number of thiazole rings is 1. The zero-order chi connectivity index (χ0) is 18.1. The zero-order valence-electron chi connectivity index (χ0n) is 15.1. The van der Waals surface area contributed by atoms with E-state index in [1.54, 1.807) is 11.3 Å². The van der Waals surface area contributed by atoms with Crippen molar-refractivity contribution in [3.05, 3.63) is 23.2 Å². The van der Waals surface area contributed by atoms with E-state index in [0.717, 1.165) is 55.8 Å². The number of benzene rings is 1. The molecule has 0 spiro atoms. The highest BCUT2D eigenvalue weighted by Crippen LogP contribution is 2.33. The van der Waals surface area contributed by atoms with Crippen LogP contribution in [0.2, 0.25) is 0 Å². The molecule has 6 nitrogen and oxygen atoms in total. The molecule has 0 bridgehead atoms. The molecule has 2 aliphatic rings. The van der Waals surface area contributed by atoms with Crippen LogP contribution in [0.1, 0.15) is 25.3 Å². The first-order valence-corrected chi connectivity index (χ1v) is 10.2. The van der Waals surface area contributed by atoms with Gasteiger partial charge in [0, 0.05) is 25.7 Å². The summed E-state index contributed by atoms with van der Waals surface area (Å²) in [6, 6.07) is 6.55. The number of aromatic nitrogens is 1. The van der Waals surface area contributed by atoms with Crippen molar-refractivity contribution < 1.29 is 4.74 Å². The maximum absolute atomic E-state index is 9.31. The molecule has 1 aromatic heterocycles. The summed E-state index contributed by atoms with van der Waals surface area (Å²) in [5.74, 6) is 0. The summed E-state index contributed by atoms with van der Waals surface area (Å²) in [6.07, 6.45) is 2.51. The Bertz CT molecular complexity index is 808. The average molecular weight is 372 g/mol. The molecule has 2 fully saturated rings. The van der Waals surface area contributed by atoms with Crippen molar-refractivity contribution in [2.75, 3.05) is 37.6 Å². The van der Waals surface area contributed by atoms with E-state index in [4.69, 9.17) is 10.5 Å². The van der Waals surface area contributed by atoms with E-state index in [-0.39, 0.29) is 12.2 Å². The highest BCUT2D eigenvalue weighted by Gasteiger charge is 2.29. The number of nitrogens with zero attached hydrogens (tertiary/aromatic N) is 4. The van der Waals surface area contributed by atoms with Crippen LogP contribution >= 0.6 is 11.3 Å². The molecule has 0 unspecified atom stereocenters. The van der Waals surface area contributed by atoms with Gasteiger partial charge >= 0.3 is 0 Å². The number of nitrogens with two attached hydrogens (primary N) is 1. The second-order valence-electron chi connectivity index (χ2n) is 7.39. The van der Waals surface area contributed by atoms with E-state index in [0.29, 0.717) is 11.6 Å². The summed E-state index contributed by atoms with van der Waals surface area (Å²) in [4.78, 5) is 9.28. The maximum atomic E-state index is 9.31. The fourth-order valence-electron chi connectivity index (χ4n) is 4.04. The van der Waals surface area contributed by atoms with Gasteiger partial charge in [-0.1, -0.05) is 0 Å². The van der Waals surface area contributed by atoms with E-state index in [1.807, 2.05) is 11.6 Å². The molecule has 2 aromatic rings. The average Bonchev–Trinajstić information content (AvgIpc) is 3.12. The van der Waals surface area contributed by atoms with Crippen LogP contribution in [0.3, 0.4) is 0 Å². The predicted molar refractivity (Wildman–Crippen MR) is 105 cm³/mol. The minimum Gasteiger partial charge on any atom is -0.370 e. The van der Waals surface area contributed by atoms with Crippen LogP contribution < -0.4 is 10.6 Å². The minimum atomic E-state index is 0.180. The molecule has 4 rings (SSSR count). The van der Waals surface area contributed by atoms with Crippen LogP contribution in [-0.4, -0.2) is 60.9 Å². The largest absolute Gasteiger partial charge is 0.370 e. The van der Waals surface area contributed by atoms with Crippen molar-refractivity contribution in [1.82, 2.24) is 9.88 Å². The Morgan fingerprint density at radius 2 is 2.15 bits per heavy atom. The first-order valence-electron chi connectivity index (χ1n) is 9.28. The van der Waals surface area contributed by atoms with Crippen LogP contribution in [0.15, 0.2) is 17.6 Å². The Morgan fingerprint density at radius 1 is 1.35 bits per heavy atom. The van der Waals surface area contributed by atoms with E-state index < -0.39 is 0 Å². The maximum Gasteiger partial charge on any atom is 0.101 e. The lowest BCUT2D eigenvalue weighted by Crippen LogP contribution is -2.52. The molecule has 0 radical (unpaired) electrons. The fourth-order valence-corrected chi connectivity index (χ4v) is 4.90. The van der Waals surface area contributed by atoms with Gasteiger partial charge in [-0.3, -0.25) is 0 Å². The molecule has 0 aliphatic carbocycles. The van der Waals surface area contributed by atoms with Gasteiger partial charge in [0.05, 0.1) is 33.7 Å². The Kier molecular flexibility index (Phi) is 5.09. The van der Waals surface area contributed by atoms with Gasteiger partial charge in [-0.25, -0.2) is 4.98 Å². The molecule has 26 heavy (non-hydrogen) atoms. The highest BCUT2D eigenvalue weighted by atomic mass is 32.1. The lowest BCUT2D eigenvalue weighted by Gasteiger charge is -2.41. The van der Waals surface area contributed by atoms with Gasteiger partial charge < -0.3 is 20.3 Å². The van der Waals surface area contributed by atoms with E-state index >= 15 is 0 Å². The smallest absolute Gasteiger partial charge is 0.101 e. The number of fused-ring (bicyclic) bond motifs is 1. The molecule has 1 aromatic carbocycles. The minimum absolute atomic E-state index is 0.180. The number of hydrogen-bond acceptors (Lipinski definition) is 7. The van der Waals surface area contributed by atoms with Crippen LogP contribution in [-0.2, 0) is 4.74 Å². The third-order valence-corrected chi connectivity index (χ3v) is 6.19. The highest BCUT2D eigenvalue weighted by molar-refractivity contribution is 7.17. The van der Waals surface area contributed by atoms with Crippen LogP contribution in [0.25, 0.3) is 10.2 Å². The molecule has 2 atom stereocenters. The first-order chi connectivity index (χ1) is 12.6. The molecule has 3 heterocycles. The predicted octanol–water partition coefficient (Wildman–Crippen LogP) is 2.18. The Labute approximate surface area is 158 Å². The summed E-state index contributed by atoms with van der Waals surface area (Å²) in [7, 11) is 0. The second-order valence-corrected chi connectivity index (χ2v) is 8.24. The number of rotatable bonds is 3. The Balaban J connectivity index is 1.52. The number of morpholine rings is 1. The van der Waals surface area contributed by atoms with Crippen molar-refractivity contribution in [1.29, 1.82) is 5.26 Å². The van der Waals surface area contributed by atoms with Gasteiger partial charge in [-0.15, -0.1) is 11.3 Å². The van der Waals surface area contributed by atoms with Crippen LogP contribution in [0.5, 0.6) is 0 Å². The summed E-state index contributed by atoms with van der Waals surface area (Å²) in [5, 5.41) is 9.31. The van der Waals surface area contributed by atoms with E-state index in [9.17, 15) is 5.26 Å². The fraction of sp³-hybridized carbons (Fsp3) is 0.579. The summed E-state index contributed by atoms with van der Waals surface area (Å²) < 4.78 is 7.32. The van der Waals surface area contributed by atoms with Crippen molar-refractivity contribution in [3.63, 3.8) is 0 Å². The number of hydrogen-bond donors (Lipinski definition) is 1. The molecule has 138 valence electrons. The number of piperidine rings is 1. The number of likely N-dealkylation sites (tertiary alicyclic amines) is 1. The molecular weight excluding hydrogens is 346 g/mol. The van der Waals surface area contributed by atoms with Gasteiger partial charge in [0.1, 0.15) is 11.6 Å². The van der Waals surface area contributed by atoms with Gasteiger partial charge in [0.25, 0.3) is 0 Å². The molecule has 2 saturated heterocycles. The number of ether oxygens (including phenoxy) is 1. The van der Waals surface area contributed by atoms with Gasteiger partial charge in [-0.2, -0.15) is 5.26 Å². The first kappa shape index (κ1) is 17.7. The van der Waals surface area contributed by atoms with Gasteiger partial charge in [-0.05, 0) is 45.0 Å². The third-order valence-electron chi connectivity index (χ3n) is 5.34. The monoisotopic (exact) mass is 371 g/mol. The standard InChI is InChI=1S/C19H25N5OS/c1-13-9-24(11-16(25-13)10-23-6-4-15(21)5-7-23)17-3-2-14(8-20)18-19(17)26-12-22-18/h2-3,12-13,15-16H,4-7,9-11,21H2,1H3/t13-,16+/m1/s1.